The molecule has 0 aliphatic rings. The van der Waals surface area contributed by atoms with E-state index in [4.69, 9.17) is 16.6 Å². The Labute approximate surface area is 154 Å². The Morgan fingerprint density at radius 1 is 1.08 bits per heavy atom. The monoisotopic (exact) mass is 363 g/mol. The maximum atomic E-state index is 9.72. The molecular weight excluding hydrogens is 350 g/mol. The highest BCUT2D eigenvalue weighted by Crippen LogP contribution is 2.38. The number of nitrogens with zero attached hydrogens (tertiary/aromatic N) is 3. The van der Waals surface area contributed by atoms with Gasteiger partial charge in [-0.25, -0.2) is 4.98 Å². The Hall–Kier alpha value is -2.48. The summed E-state index contributed by atoms with van der Waals surface area (Å²) in [6.45, 7) is 0. The van der Waals surface area contributed by atoms with E-state index in [1.165, 1.54) is 0 Å². The number of aryl methyl sites for hydroxylation is 1. The van der Waals surface area contributed by atoms with Crippen molar-refractivity contribution in [1.82, 2.24) is 9.55 Å². The van der Waals surface area contributed by atoms with Crippen molar-refractivity contribution in [2.24, 2.45) is 7.05 Å². The molecule has 0 amide bonds. The fourth-order valence-corrected chi connectivity index (χ4v) is 4.10. The van der Waals surface area contributed by atoms with Crippen LogP contribution < -0.4 is 0 Å². The lowest BCUT2D eigenvalue weighted by Crippen LogP contribution is -1.94. The van der Waals surface area contributed by atoms with Gasteiger partial charge in [-0.1, -0.05) is 35.9 Å². The van der Waals surface area contributed by atoms with Gasteiger partial charge in [0, 0.05) is 28.4 Å². The number of rotatable bonds is 2. The van der Waals surface area contributed by atoms with Gasteiger partial charge < -0.3 is 4.57 Å². The normalized spacial score (nSPS) is 11.1. The number of thioether (sulfide) groups is 1. The Morgan fingerprint density at radius 2 is 1.76 bits per heavy atom. The smallest absolute Gasteiger partial charge is 0.140 e. The standard InChI is InChI=1S/C20H14ClN3S/c1-24-18-15-6-4-3-5-14(15)16(11-22)19(25-2)17(18)23-20(24)12-7-9-13(21)10-8-12/h3-10H,1-2H3. The third-order valence-corrected chi connectivity index (χ3v) is 5.46. The Bertz CT molecular complexity index is 1150. The van der Waals surface area contributed by atoms with E-state index in [9.17, 15) is 5.26 Å². The first kappa shape index (κ1) is 16.0. The summed E-state index contributed by atoms with van der Waals surface area (Å²) >= 11 is 7.58. The molecule has 4 aromatic rings. The number of hydrogen-bond acceptors (Lipinski definition) is 3. The first-order chi connectivity index (χ1) is 12.2. The van der Waals surface area contributed by atoms with Crippen LogP contribution in [0.25, 0.3) is 33.2 Å². The first-order valence-electron chi connectivity index (χ1n) is 7.77. The zero-order valence-corrected chi connectivity index (χ0v) is 15.3. The molecule has 0 radical (unpaired) electrons. The number of hydrogen-bond donors (Lipinski definition) is 0. The van der Waals surface area contributed by atoms with Crippen molar-refractivity contribution >= 4 is 45.2 Å². The minimum absolute atomic E-state index is 0.691. The van der Waals surface area contributed by atoms with E-state index >= 15 is 0 Å². The molecule has 3 aromatic carbocycles. The summed E-state index contributed by atoms with van der Waals surface area (Å²) < 4.78 is 2.10. The second kappa shape index (κ2) is 6.11. The second-order valence-corrected chi connectivity index (χ2v) is 7.02. The van der Waals surface area contributed by atoms with Gasteiger partial charge in [0.1, 0.15) is 17.4 Å². The molecule has 0 spiro atoms. The van der Waals surface area contributed by atoms with Crippen LogP contribution in [0.3, 0.4) is 0 Å². The van der Waals surface area contributed by atoms with Gasteiger partial charge in [-0.15, -0.1) is 11.8 Å². The van der Waals surface area contributed by atoms with Gasteiger partial charge in [0.25, 0.3) is 0 Å². The molecule has 5 heteroatoms. The van der Waals surface area contributed by atoms with Crippen LogP contribution in [-0.2, 0) is 7.05 Å². The Balaban J connectivity index is 2.17. The van der Waals surface area contributed by atoms with Crippen LogP contribution in [0.5, 0.6) is 0 Å². The van der Waals surface area contributed by atoms with E-state index in [1.807, 2.05) is 55.8 Å². The average Bonchev–Trinajstić information content (AvgIpc) is 2.98. The molecule has 0 unspecified atom stereocenters. The predicted molar refractivity (Wildman–Crippen MR) is 105 cm³/mol. The van der Waals surface area contributed by atoms with Gasteiger partial charge in [-0.2, -0.15) is 5.26 Å². The molecule has 0 saturated heterocycles. The summed E-state index contributed by atoms with van der Waals surface area (Å²) in [4.78, 5) is 5.81. The highest BCUT2D eigenvalue weighted by Gasteiger charge is 2.20. The molecule has 1 aromatic heterocycles. The van der Waals surface area contributed by atoms with Gasteiger partial charge >= 0.3 is 0 Å². The fourth-order valence-electron chi connectivity index (χ4n) is 3.28. The van der Waals surface area contributed by atoms with Gasteiger partial charge in [-0.3, -0.25) is 0 Å². The molecule has 0 N–H and O–H groups in total. The Kier molecular flexibility index (Phi) is 3.91. The molecule has 122 valence electrons. The van der Waals surface area contributed by atoms with Crippen LogP contribution in [-0.4, -0.2) is 15.8 Å². The average molecular weight is 364 g/mol. The zero-order valence-electron chi connectivity index (χ0n) is 13.7. The number of aromatic nitrogens is 2. The van der Waals surface area contributed by atoms with E-state index < -0.39 is 0 Å². The molecule has 0 bridgehead atoms. The molecule has 0 fully saturated rings. The SMILES string of the molecule is CSc1c(C#N)c2ccccc2c2c1nc(-c1ccc(Cl)cc1)n2C. The molecule has 0 atom stereocenters. The van der Waals surface area contributed by atoms with Gasteiger partial charge in [0.2, 0.25) is 0 Å². The highest BCUT2D eigenvalue weighted by molar-refractivity contribution is 7.98. The van der Waals surface area contributed by atoms with E-state index in [0.29, 0.717) is 10.6 Å². The van der Waals surface area contributed by atoms with Crippen molar-refractivity contribution in [2.45, 2.75) is 4.90 Å². The van der Waals surface area contributed by atoms with Crippen molar-refractivity contribution in [3.05, 3.63) is 59.1 Å². The van der Waals surface area contributed by atoms with Crippen LogP contribution >= 0.6 is 23.4 Å². The largest absolute Gasteiger partial charge is 0.327 e. The molecule has 0 aliphatic carbocycles. The van der Waals surface area contributed by atoms with Gasteiger partial charge in [-0.05, 0) is 30.5 Å². The molecule has 4 rings (SSSR count). The number of nitriles is 1. The lowest BCUT2D eigenvalue weighted by molar-refractivity contribution is 0.962. The summed E-state index contributed by atoms with van der Waals surface area (Å²) in [5.41, 5.74) is 3.60. The van der Waals surface area contributed by atoms with Gasteiger partial charge in [0.15, 0.2) is 0 Å². The lowest BCUT2D eigenvalue weighted by atomic mass is 10.0. The van der Waals surface area contributed by atoms with Crippen LogP contribution in [0.1, 0.15) is 5.56 Å². The van der Waals surface area contributed by atoms with E-state index in [2.05, 4.69) is 16.7 Å². The molecular formula is C20H14ClN3S. The van der Waals surface area contributed by atoms with Crippen molar-refractivity contribution in [2.75, 3.05) is 6.26 Å². The minimum Gasteiger partial charge on any atom is -0.327 e. The van der Waals surface area contributed by atoms with Crippen LogP contribution in [0.2, 0.25) is 5.02 Å². The molecule has 25 heavy (non-hydrogen) atoms. The predicted octanol–water partition coefficient (Wildman–Crippen LogP) is 5.64. The topological polar surface area (TPSA) is 41.6 Å². The summed E-state index contributed by atoms with van der Waals surface area (Å²) in [6.07, 6.45) is 1.99. The first-order valence-corrected chi connectivity index (χ1v) is 9.37. The number of halogens is 1. The minimum atomic E-state index is 0.691. The van der Waals surface area contributed by atoms with Gasteiger partial charge in [0.05, 0.1) is 16.0 Å². The van der Waals surface area contributed by atoms with Crippen molar-refractivity contribution in [3.8, 4) is 17.5 Å². The number of fused-ring (bicyclic) bond motifs is 3. The van der Waals surface area contributed by atoms with Crippen molar-refractivity contribution < 1.29 is 0 Å². The number of benzene rings is 3. The fraction of sp³-hybridized carbons (Fsp3) is 0.100. The maximum Gasteiger partial charge on any atom is 0.140 e. The number of imidazole rings is 1. The molecule has 1 heterocycles. The lowest BCUT2D eigenvalue weighted by Gasteiger charge is -2.09. The summed E-state index contributed by atoms with van der Waals surface area (Å²) in [5.74, 6) is 0.863. The van der Waals surface area contributed by atoms with Crippen molar-refractivity contribution in [1.29, 1.82) is 5.26 Å². The second-order valence-electron chi connectivity index (χ2n) is 5.76. The highest BCUT2D eigenvalue weighted by atomic mass is 35.5. The molecule has 3 nitrogen and oxygen atoms in total. The van der Waals surface area contributed by atoms with Crippen LogP contribution in [0.15, 0.2) is 53.4 Å². The molecule has 0 aliphatic heterocycles. The van der Waals surface area contributed by atoms with Crippen molar-refractivity contribution in [3.63, 3.8) is 0 Å². The zero-order chi connectivity index (χ0) is 17.6. The van der Waals surface area contributed by atoms with E-state index in [1.54, 1.807) is 11.8 Å². The third-order valence-electron chi connectivity index (χ3n) is 4.41. The summed E-state index contributed by atoms with van der Waals surface area (Å²) in [5, 5.41) is 12.4. The van der Waals surface area contributed by atoms with Crippen LogP contribution in [0, 0.1) is 11.3 Å². The maximum absolute atomic E-state index is 9.72. The summed E-state index contributed by atoms with van der Waals surface area (Å²) in [6, 6.07) is 18.1. The quantitative estimate of drug-likeness (QED) is 0.433. The third kappa shape index (κ3) is 2.39. The van der Waals surface area contributed by atoms with E-state index in [-0.39, 0.29) is 0 Å². The Morgan fingerprint density at radius 3 is 2.40 bits per heavy atom. The van der Waals surface area contributed by atoms with Crippen LogP contribution in [0.4, 0.5) is 0 Å². The summed E-state index contributed by atoms with van der Waals surface area (Å²) in [7, 11) is 2.02. The van der Waals surface area contributed by atoms with E-state index in [0.717, 1.165) is 38.1 Å². The molecule has 0 saturated carbocycles.